The van der Waals surface area contributed by atoms with Gasteiger partial charge in [-0.25, -0.2) is 0 Å². The SMILES string of the molecule is COCCN1CCN(C(=O)c2ccccc2C)CC1. The van der Waals surface area contributed by atoms with Crippen molar-refractivity contribution < 1.29 is 9.53 Å². The molecule has 104 valence electrons. The van der Waals surface area contributed by atoms with E-state index in [1.807, 2.05) is 36.1 Å². The molecule has 1 saturated heterocycles. The third-order valence-corrected chi connectivity index (χ3v) is 3.65. The highest BCUT2D eigenvalue weighted by atomic mass is 16.5. The van der Waals surface area contributed by atoms with Gasteiger partial charge in [0.1, 0.15) is 0 Å². The quantitative estimate of drug-likeness (QED) is 0.822. The highest BCUT2D eigenvalue weighted by Crippen LogP contribution is 2.12. The molecule has 1 amide bonds. The Morgan fingerprint density at radius 3 is 2.53 bits per heavy atom. The first-order valence-corrected chi connectivity index (χ1v) is 6.78. The van der Waals surface area contributed by atoms with Gasteiger partial charge in [-0.1, -0.05) is 18.2 Å². The van der Waals surface area contributed by atoms with Crippen molar-refractivity contribution >= 4 is 5.91 Å². The molecule has 0 N–H and O–H groups in total. The molecule has 0 bridgehead atoms. The van der Waals surface area contributed by atoms with Gasteiger partial charge >= 0.3 is 0 Å². The summed E-state index contributed by atoms with van der Waals surface area (Å²) < 4.78 is 5.08. The Bertz CT molecular complexity index is 426. The minimum atomic E-state index is 0.157. The maximum Gasteiger partial charge on any atom is 0.254 e. The Morgan fingerprint density at radius 1 is 1.21 bits per heavy atom. The zero-order valence-electron chi connectivity index (χ0n) is 11.8. The third kappa shape index (κ3) is 3.55. The highest BCUT2D eigenvalue weighted by molar-refractivity contribution is 5.95. The summed E-state index contributed by atoms with van der Waals surface area (Å²) in [5, 5.41) is 0. The molecule has 0 saturated carbocycles. The lowest BCUT2D eigenvalue weighted by molar-refractivity contribution is 0.0593. The lowest BCUT2D eigenvalue weighted by Gasteiger charge is -2.34. The molecular weight excluding hydrogens is 240 g/mol. The molecule has 4 heteroatoms. The van der Waals surface area contributed by atoms with E-state index in [4.69, 9.17) is 4.74 Å². The van der Waals surface area contributed by atoms with Crippen molar-refractivity contribution in [1.82, 2.24) is 9.80 Å². The van der Waals surface area contributed by atoms with E-state index < -0.39 is 0 Å². The van der Waals surface area contributed by atoms with Crippen LogP contribution in [0.4, 0.5) is 0 Å². The summed E-state index contributed by atoms with van der Waals surface area (Å²) in [6.45, 7) is 7.16. The van der Waals surface area contributed by atoms with E-state index in [2.05, 4.69) is 4.90 Å². The Balaban J connectivity index is 1.91. The maximum absolute atomic E-state index is 12.4. The summed E-state index contributed by atoms with van der Waals surface area (Å²) in [7, 11) is 1.72. The smallest absolute Gasteiger partial charge is 0.254 e. The molecule has 0 aliphatic carbocycles. The van der Waals surface area contributed by atoms with Crippen molar-refractivity contribution in [2.45, 2.75) is 6.92 Å². The number of nitrogens with zero attached hydrogens (tertiary/aromatic N) is 2. The minimum absolute atomic E-state index is 0.157. The van der Waals surface area contributed by atoms with Crippen LogP contribution in [0.15, 0.2) is 24.3 Å². The fourth-order valence-corrected chi connectivity index (χ4v) is 2.38. The standard InChI is InChI=1S/C15H22N2O2/c1-13-5-3-4-6-14(13)15(18)17-9-7-16(8-10-17)11-12-19-2/h3-6H,7-12H2,1-2H3. The molecule has 19 heavy (non-hydrogen) atoms. The molecule has 0 unspecified atom stereocenters. The van der Waals surface area contributed by atoms with Gasteiger partial charge in [-0.15, -0.1) is 0 Å². The van der Waals surface area contributed by atoms with E-state index in [0.29, 0.717) is 0 Å². The molecule has 1 aromatic rings. The first-order chi connectivity index (χ1) is 9.22. The van der Waals surface area contributed by atoms with Crippen LogP contribution in [-0.4, -0.2) is 62.1 Å². The summed E-state index contributed by atoms with van der Waals surface area (Å²) in [5.74, 6) is 0.157. The molecular formula is C15H22N2O2. The molecule has 4 nitrogen and oxygen atoms in total. The Labute approximate surface area is 115 Å². The van der Waals surface area contributed by atoms with Gasteiger partial charge in [0, 0.05) is 45.4 Å². The number of methoxy groups -OCH3 is 1. The Kier molecular flexibility index (Phi) is 4.93. The molecule has 1 fully saturated rings. The van der Waals surface area contributed by atoms with Crippen LogP contribution < -0.4 is 0 Å². The van der Waals surface area contributed by atoms with Crippen LogP contribution in [-0.2, 0) is 4.74 Å². The van der Waals surface area contributed by atoms with Gasteiger partial charge in [0.15, 0.2) is 0 Å². The van der Waals surface area contributed by atoms with Gasteiger partial charge < -0.3 is 9.64 Å². The molecule has 2 rings (SSSR count). The van der Waals surface area contributed by atoms with Crippen molar-refractivity contribution in [3.8, 4) is 0 Å². The van der Waals surface area contributed by atoms with E-state index in [0.717, 1.165) is 50.5 Å². The zero-order valence-corrected chi connectivity index (χ0v) is 11.8. The number of hydrogen-bond donors (Lipinski definition) is 0. The van der Waals surface area contributed by atoms with Crippen LogP contribution in [0.25, 0.3) is 0 Å². The fourth-order valence-electron chi connectivity index (χ4n) is 2.38. The number of amides is 1. The second-order valence-corrected chi connectivity index (χ2v) is 4.94. The van der Waals surface area contributed by atoms with E-state index >= 15 is 0 Å². The number of rotatable bonds is 4. The average molecular weight is 262 g/mol. The number of carbonyl (C=O) groups excluding carboxylic acids is 1. The van der Waals surface area contributed by atoms with Crippen LogP contribution in [0.1, 0.15) is 15.9 Å². The van der Waals surface area contributed by atoms with Gasteiger partial charge in [-0.2, -0.15) is 0 Å². The average Bonchev–Trinajstić information content (AvgIpc) is 2.45. The molecule has 1 aliphatic rings. The van der Waals surface area contributed by atoms with E-state index in [9.17, 15) is 4.79 Å². The maximum atomic E-state index is 12.4. The molecule has 0 atom stereocenters. The van der Waals surface area contributed by atoms with Gasteiger partial charge in [-0.3, -0.25) is 9.69 Å². The number of benzene rings is 1. The molecule has 1 aliphatic heterocycles. The third-order valence-electron chi connectivity index (χ3n) is 3.65. The van der Waals surface area contributed by atoms with Crippen molar-refractivity contribution in [2.24, 2.45) is 0 Å². The second-order valence-electron chi connectivity index (χ2n) is 4.94. The number of piperazine rings is 1. The van der Waals surface area contributed by atoms with E-state index in [1.165, 1.54) is 0 Å². The number of aryl methyl sites for hydroxylation is 1. The summed E-state index contributed by atoms with van der Waals surface area (Å²) in [6, 6.07) is 7.79. The minimum Gasteiger partial charge on any atom is -0.383 e. The van der Waals surface area contributed by atoms with Gasteiger partial charge in [0.05, 0.1) is 6.61 Å². The summed E-state index contributed by atoms with van der Waals surface area (Å²) in [6.07, 6.45) is 0. The summed E-state index contributed by atoms with van der Waals surface area (Å²) in [4.78, 5) is 16.7. The van der Waals surface area contributed by atoms with Crippen LogP contribution in [0.5, 0.6) is 0 Å². The normalized spacial score (nSPS) is 16.6. The highest BCUT2D eigenvalue weighted by Gasteiger charge is 2.22. The van der Waals surface area contributed by atoms with E-state index in [1.54, 1.807) is 7.11 Å². The lowest BCUT2D eigenvalue weighted by atomic mass is 10.1. The molecule has 0 spiro atoms. The van der Waals surface area contributed by atoms with E-state index in [-0.39, 0.29) is 5.91 Å². The van der Waals surface area contributed by atoms with Crippen molar-refractivity contribution in [2.75, 3.05) is 46.4 Å². The number of carbonyl (C=O) groups is 1. The first-order valence-electron chi connectivity index (χ1n) is 6.78. The Hall–Kier alpha value is -1.39. The first kappa shape index (κ1) is 14.0. The van der Waals surface area contributed by atoms with Crippen LogP contribution in [0.3, 0.4) is 0 Å². The predicted molar refractivity (Wildman–Crippen MR) is 75.4 cm³/mol. The van der Waals surface area contributed by atoms with Crippen molar-refractivity contribution in [3.05, 3.63) is 35.4 Å². The van der Waals surface area contributed by atoms with Gasteiger partial charge in [0.25, 0.3) is 5.91 Å². The topological polar surface area (TPSA) is 32.8 Å². The fraction of sp³-hybridized carbons (Fsp3) is 0.533. The summed E-state index contributed by atoms with van der Waals surface area (Å²) >= 11 is 0. The van der Waals surface area contributed by atoms with Crippen LogP contribution in [0, 0.1) is 6.92 Å². The van der Waals surface area contributed by atoms with Crippen molar-refractivity contribution in [1.29, 1.82) is 0 Å². The molecule has 0 aromatic heterocycles. The van der Waals surface area contributed by atoms with Gasteiger partial charge in [0.2, 0.25) is 0 Å². The second kappa shape index (κ2) is 6.68. The Morgan fingerprint density at radius 2 is 1.89 bits per heavy atom. The largest absolute Gasteiger partial charge is 0.383 e. The summed E-state index contributed by atoms with van der Waals surface area (Å²) in [5.41, 5.74) is 1.88. The number of hydrogen-bond acceptors (Lipinski definition) is 3. The van der Waals surface area contributed by atoms with Crippen LogP contribution in [0.2, 0.25) is 0 Å². The monoisotopic (exact) mass is 262 g/mol. The molecule has 1 heterocycles. The molecule has 0 radical (unpaired) electrons. The number of ether oxygens (including phenoxy) is 1. The predicted octanol–water partition coefficient (Wildman–Crippen LogP) is 1.40. The zero-order chi connectivity index (χ0) is 13.7. The van der Waals surface area contributed by atoms with Gasteiger partial charge in [-0.05, 0) is 18.6 Å². The lowest BCUT2D eigenvalue weighted by Crippen LogP contribution is -2.49. The molecule has 1 aromatic carbocycles. The van der Waals surface area contributed by atoms with Crippen LogP contribution >= 0.6 is 0 Å². The van der Waals surface area contributed by atoms with Crippen molar-refractivity contribution in [3.63, 3.8) is 0 Å².